The number of aryl methyl sites for hydroxylation is 2. The molecule has 2 rings (SSSR count). The second-order valence-electron chi connectivity index (χ2n) is 4.98. The van der Waals surface area contributed by atoms with Gasteiger partial charge in [0.05, 0.1) is 11.7 Å². The number of aromatic nitrogens is 2. The van der Waals surface area contributed by atoms with Crippen molar-refractivity contribution in [2.75, 3.05) is 5.32 Å². The topological polar surface area (TPSA) is 46.9 Å². The molecule has 0 unspecified atom stereocenters. The summed E-state index contributed by atoms with van der Waals surface area (Å²) in [7, 11) is 0. The zero-order chi connectivity index (χ0) is 14.7. The van der Waals surface area contributed by atoms with Gasteiger partial charge in [0.2, 0.25) is 5.91 Å². The summed E-state index contributed by atoms with van der Waals surface area (Å²) in [6.07, 6.45) is 0.380. The van der Waals surface area contributed by atoms with Crippen molar-refractivity contribution < 1.29 is 4.79 Å². The van der Waals surface area contributed by atoms with E-state index in [1.807, 2.05) is 31.5 Å². The summed E-state index contributed by atoms with van der Waals surface area (Å²) in [5.41, 5.74) is 2.78. The van der Waals surface area contributed by atoms with Crippen LogP contribution < -0.4 is 5.32 Å². The van der Waals surface area contributed by atoms with E-state index < -0.39 is 0 Å². The SMILES string of the molecule is Cc1cc(C)n([C@@H](C)CC(=O)Nc2ccc(Cl)cc2)n1. The Bertz CT molecular complexity index is 604. The van der Waals surface area contributed by atoms with Crippen molar-refractivity contribution in [1.82, 2.24) is 9.78 Å². The van der Waals surface area contributed by atoms with Gasteiger partial charge in [0.1, 0.15) is 0 Å². The number of hydrogen-bond acceptors (Lipinski definition) is 2. The fourth-order valence-corrected chi connectivity index (χ4v) is 2.32. The molecule has 5 heteroatoms. The first-order valence-electron chi connectivity index (χ1n) is 6.54. The van der Waals surface area contributed by atoms with Crippen LogP contribution in [0.25, 0.3) is 0 Å². The normalized spacial score (nSPS) is 12.2. The molecule has 1 amide bonds. The Morgan fingerprint density at radius 2 is 2.00 bits per heavy atom. The van der Waals surface area contributed by atoms with Crippen molar-refractivity contribution in [3.05, 3.63) is 46.7 Å². The molecule has 1 atom stereocenters. The minimum absolute atomic E-state index is 0.0241. The van der Waals surface area contributed by atoms with Gasteiger partial charge in [0.25, 0.3) is 0 Å². The molecule has 1 heterocycles. The van der Waals surface area contributed by atoms with Crippen LogP contribution in [-0.4, -0.2) is 15.7 Å². The van der Waals surface area contributed by atoms with E-state index in [1.54, 1.807) is 24.3 Å². The molecule has 20 heavy (non-hydrogen) atoms. The molecule has 0 spiro atoms. The highest BCUT2D eigenvalue weighted by Crippen LogP contribution is 2.17. The second kappa shape index (κ2) is 6.09. The molecule has 0 aliphatic heterocycles. The summed E-state index contributed by atoms with van der Waals surface area (Å²) in [6.45, 7) is 5.93. The van der Waals surface area contributed by atoms with Gasteiger partial charge in [0.15, 0.2) is 0 Å². The molecule has 0 saturated heterocycles. The van der Waals surface area contributed by atoms with E-state index >= 15 is 0 Å². The average Bonchev–Trinajstić information content (AvgIpc) is 2.71. The Balaban J connectivity index is 1.97. The van der Waals surface area contributed by atoms with E-state index in [0.29, 0.717) is 11.4 Å². The molecule has 106 valence electrons. The van der Waals surface area contributed by atoms with Gasteiger partial charge in [-0.05, 0) is 51.1 Å². The Morgan fingerprint density at radius 3 is 2.55 bits per heavy atom. The largest absolute Gasteiger partial charge is 0.326 e. The van der Waals surface area contributed by atoms with Gasteiger partial charge in [0, 0.05) is 22.8 Å². The minimum atomic E-state index is -0.0348. The number of amides is 1. The lowest BCUT2D eigenvalue weighted by atomic mass is 10.2. The highest BCUT2D eigenvalue weighted by atomic mass is 35.5. The van der Waals surface area contributed by atoms with Gasteiger partial charge in [-0.1, -0.05) is 11.6 Å². The predicted molar refractivity (Wildman–Crippen MR) is 81.1 cm³/mol. The van der Waals surface area contributed by atoms with E-state index in [2.05, 4.69) is 10.4 Å². The first-order chi connectivity index (χ1) is 9.45. The third-order valence-electron chi connectivity index (χ3n) is 3.07. The third-order valence-corrected chi connectivity index (χ3v) is 3.32. The molecular weight excluding hydrogens is 274 g/mol. The number of nitrogens with one attached hydrogen (secondary N) is 1. The second-order valence-corrected chi connectivity index (χ2v) is 5.42. The maximum Gasteiger partial charge on any atom is 0.226 e. The zero-order valence-electron chi connectivity index (χ0n) is 11.9. The number of hydrogen-bond donors (Lipinski definition) is 1. The van der Waals surface area contributed by atoms with Crippen molar-refractivity contribution in [2.24, 2.45) is 0 Å². The highest BCUT2D eigenvalue weighted by molar-refractivity contribution is 6.30. The van der Waals surface area contributed by atoms with Crippen molar-refractivity contribution in [1.29, 1.82) is 0 Å². The van der Waals surface area contributed by atoms with E-state index in [9.17, 15) is 4.79 Å². The molecule has 1 N–H and O–H groups in total. The molecule has 0 radical (unpaired) electrons. The monoisotopic (exact) mass is 291 g/mol. The van der Waals surface area contributed by atoms with E-state index in [0.717, 1.165) is 17.1 Å². The van der Waals surface area contributed by atoms with Crippen LogP contribution >= 0.6 is 11.6 Å². The van der Waals surface area contributed by atoms with Crippen LogP contribution in [0.4, 0.5) is 5.69 Å². The minimum Gasteiger partial charge on any atom is -0.326 e. The Hall–Kier alpha value is -1.81. The lowest BCUT2D eigenvalue weighted by molar-refractivity contribution is -0.116. The number of rotatable bonds is 4. The molecule has 0 bridgehead atoms. The van der Waals surface area contributed by atoms with Crippen LogP contribution in [-0.2, 0) is 4.79 Å². The smallest absolute Gasteiger partial charge is 0.226 e. The summed E-state index contributed by atoms with van der Waals surface area (Å²) in [5, 5.41) is 7.91. The Labute approximate surface area is 123 Å². The number of carbonyl (C=O) groups is 1. The molecule has 0 aliphatic carbocycles. The van der Waals surface area contributed by atoms with E-state index in [4.69, 9.17) is 11.6 Å². The van der Waals surface area contributed by atoms with Gasteiger partial charge in [-0.2, -0.15) is 5.10 Å². The standard InChI is InChI=1S/C15H18ClN3O/c1-10-8-11(2)19(18-10)12(3)9-15(20)17-14-6-4-13(16)5-7-14/h4-8,12H,9H2,1-3H3,(H,17,20)/t12-/m0/s1. The van der Waals surface area contributed by atoms with Crippen LogP contribution in [0, 0.1) is 13.8 Å². The van der Waals surface area contributed by atoms with E-state index in [-0.39, 0.29) is 11.9 Å². The molecule has 4 nitrogen and oxygen atoms in total. The average molecular weight is 292 g/mol. The quantitative estimate of drug-likeness (QED) is 0.933. The lowest BCUT2D eigenvalue weighted by Crippen LogP contribution is -2.19. The van der Waals surface area contributed by atoms with Crippen LogP contribution in [0.3, 0.4) is 0 Å². The summed E-state index contributed by atoms with van der Waals surface area (Å²) in [6, 6.07) is 9.11. The number of halogens is 1. The number of benzene rings is 1. The van der Waals surface area contributed by atoms with Gasteiger partial charge in [-0.3, -0.25) is 9.48 Å². The highest BCUT2D eigenvalue weighted by Gasteiger charge is 2.14. The van der Waals surface area contributed by atoms with Crippen molar-refractivity contribution in [3.8, 4) is 0 Å². The maximum atomic E-state index is 12.0. The Morgan fingerprint density at radius 1 is 1.35 bits per heavy atom. The molecule has 0 saturated carbocycles. The van der Waals surface area contributed by atoms with Crippen molar-refractivity contribution in [2.45, 2.75) is 33.2 Å². The molecule has 0 fully saturated rings. The maximum absolute atomic E-state index is 12.0. The van der Waals surface area contributed by atoms with Crippen LogP contribution in [0.1, 0.15) is 30.8 Å². The first kappa shape index (κ1) is 14.6. The molecule has 0 aliphatic rings. The summed E-state index contributed by atoms with van der Waals surface area (Å²) < 4.78 is 1.89. The predicted octanol–water partition coefficient (Wildman–Crippen LogP) is 3.74. The van der Waals surface area contributed by atoms with E-state index in [1.165, 1.54) is 0 Å². The number of carbonyl (C=O) groups excluding carboxylic acids is 1. The zero-order valence-corrected chi connectivity index (χ0v) is 12.6. The summed E-state index contributed by atoms with van der Waals surface area (Å²) in [5.74, 6) is -0.0348. The fraction of sp³-hybridized carbons (Fsp3) is 0.333. The van der Waals surface area contributed by atoms with Crippen molar-refractivity contribution >= 4 is 23.2 Å². The van der Waals surface area contributed by atoms with Crippen LogP contribution in [0.2, 0.25) is 5.02 Å². The third kappa shape index (κ3) is 3.61. The van der Waals surface area contributed by atoms with Crippen LogP contribution in [0.5, 0.6) is 0 Å². The van der Waals surface area contributed by atoms with Gasteiger partial charge in [-0.25, -0.2) is 0 Å². The molecule has 1 aromatic carbocycles. The van der Waals surface area contributed by atoms with Crippen molar-refractivity contribution in [3.63, 3.8) is 0 Å². The number of anilines is 1. The van der Waals surface area contributed by atoms with Gasteiger partial charge < -0.3 is 5.32 Å². The van der Waals surface area contributed by atoms with Crippen LogP contribution in [0.15, 0.2) is 30.3 Å². The molecule has 1 aromatic heterocycles. The summed E-state index contributed by atoms with van der Waals surface area (Å²) >= 11 is 5.81. The Kier molecular flexibility index (Phi) is 4.45. The van der Waals surface area contributed by atoms with Gasteiger partial charge in [-0.15, -0.1) is 0 Å². The number of nitrogens with zero attached hydrogens (tertiary/aromatic N) is 2. The molecule has 2 aromatic rings. The molecular formula is C15H18ClN3O. The lowest BCUT2D eigenvalue weighted by Gasteiger charge is -2.14. The first-order valence-corrected chi connectivity index (χ1v) is 6.91. The summed E-state index contributed by atoms with van der Waals surface area (Å²) in [4.78, 5) is 12.0. The van der Waals surface area contributed by atoms with Gasteiger partial charge >= 0.3 is 0 Å². The fourth-order valence-electron chi connectivity index (χ4n) is 2.19.